The summed E-state index contributed by atoms with van der Waals surface area (Å²) in [5, 5.41) is 0. The number of hydrogen-bond donors (Lipinski definition) is 1. The second-order valence-electron chi connectivity index (χ2n) is 6.31. The molecule has 0 aliphatic heterocycles. The van der Waals surface area contributed by atoms with Gasteiger partial charge in [0.2, 0.25) is 5.91 Å². The van der Waals surface area contributed by atoms with Crippen LogP contribution in [0.1, 0.15) is 52.5 Å². The van der Waals surface area contributed by atoms with Gasteiger partial charge in [0.25, 0.3) is 0 Å². The summed E-state index contributed by atoms with van der Waals surface area (Å²) >= 11 is 0. The molecule has 1 aromatic carbocycles. The number of nitrogens with two attached hydrogens (primary N) is 1. The summed E-state index contributed by atoms with van der Waals surface area (Å²) in [4.78, 5) is 14.5. The van der Waals surface area contributed by atoms with Crippen LogP contribution >= 0.6 is 0 Å². The lowest BCUT2D eigenvalue weighted by Gasteiger charge is -2.29. The molecule has 0 aliphatic carbocycles. The third-order valence-electron chi connectivity index (χ3n) is 3.49. The van der Waals surface area contributed by atoms with Gasteiger partial charge in [-0.15, -0.1) is 0 Å². The van der Waals surface area contributed by atoms with Crippen LogP contribution in [-0.2, 0) is 4.79 Å². The topological polar surface area (TPSA) is 46.3 Å². The molecule has 1 atom stereocenters. The zero-order valence-corrected chi connectivity index (χ0v) is 13.4. The van der Waals surface area contributed by atoms with Crippen LogP contribution in [0.15, 0.2) is 24.3 Å². The molecule has 1 aromatic rings. The highest BCUT2D eigenvalue weighted by molar-refractivity contribution is 5.77. The van der Waals surface area contributed by atoms with Crippen molar-refractivity contribution >= 4 is 11.6 Å². The number of nitrogen functional groups attached to an aromatic ring is 1. The van der Waals surface area contributed by atoms with Crippen LogP contribution in [0.2, 0.25) is 0 Å². The van der Waals surface area contributed by atoms with Crippen molar-refractivity contribution in [3.8, 4) is 0 Å². The molecule has 1 rings (SSSR count). The smallest absolute Gasteiger partial charge is 0.223 e. The SMILES string of the molecule is CC(C)CN(C(=O)CC(C)c1ccc(N)cc1)C(C)C. The van der Waals surface area contributed by atoms with Gasteiger partial charge in [-0.2, -0.15) is 0 Å². The van der Waals surface area contributed by atoms with E-state index in [1.165, 1.54) is 5.56 Å². The maximum absolute atomic E-state index is 12.5. The van der Waals surface area contributed by atoms with E-state index in [4.69, 9.17) is 5.73 Å². The highest BCUT2D eigenvalue weighted by atomic mass is 16.2. The molecule has 3 nitrogen and oxygen atoms in total. The van der Waals surface area contributed by atoms with E-state index in [1.807, 2.05) is 29.2 Å². The molecule has 1 unspecified atom stereocenters. The van der Waals surface area contributed by atoms with Crippen LogP contribution in [0.3, 0.4) is 0 Å². The molecule has 1 amide bonds. The van der Waals surface area contributed by atoms with E-state index >= 15 is 0 Å². The Kier molecular flexibility index (Phi) is 6.05. The van der Waals surface area contributed by atoms with Crippen molar-refractivity contribution < 1.29 is 4.79 Å². The number of nitrogens with zero attached hydrogens (tertiary/aromatic N) is 1. The van der Waals surface area contributed by atoms with Gasteiger partial charge in [-0.05, 0) is 43.4 Å². The average molecular weight is 276 g/mol. The number of amides is 1. The van der Waals surface area contributed by atoms with E-state index in [0.717, 1.165) is 12.2 Å². The zero-order valence-electron chi connectivity index (χ0n) is 13.4. The number of carbonyl (C=O) groups excluding carboxylic acids is 1. The molecule has 112 valence electrons. The predicted molar refractivity (Wildman–Crippen MR) is 85.6 cm³/mol. The van der Waals surface area contributed by atoms with Crippen LogP contribution in [-0.4, -0.2) is 23.4 Å². The summed E-state index contributed by atoms with van der Waals surface area (Å²) in [6, 6.07) is 8.06. The highest BCUT2D eigenvalue weighted by Crippen LogP contribution is 2.22. The lowest BCUT2D eigenvalue weighted by Crippen LogP contribution is -2.39. The molecule has 20 heavy (non-hydrogen) atoms. The molecule has 0 fully saturated rings. The molecule has 0 aliphatic rings. The summed E-state index contributed by atoms with van der Waals surface area (Å²) in [7, 11) is 0. The summed E-state index contributed by atoms with van der Waals surface area (Å²) in [6.45, 7) is 11.4. The van der Waals surface area contributed by atoms with E-state index in [9.17, 15) is 4.79 Å². The summed E-state index contributed by atoms with van der Waals surface area (Å²) in [5.41, 5.74) is 7.62. The maximum atomic E-state index is 12.5. The van der Waals surface area contributed by atoms with Crippen molar-refractivity contribution in [3.63, 3.8) is 0 Å². The summed E-state index contributed by atoms with van der Waals surface area (Å²) < 4.78 is 0. The fourth-order valence-electron chi connectivity index (χ4n) is 2.32. The molecule has 0 saturated heterocycles. The molecule has 0 heterocycles. The molecule has 2 N–H and O–H groups in total. The van der Waals surface area contributed by atoms with Gasteiger partial charge in [-0.3, -0.25) is 4.79 Å². The molecule has 0 bridgehead atoms. The van der Waals surface area contributed by atoms with Gasteiger partial charge in [-0.1, -0.05) is 32.9 Å². The Labute approximate surface area is 123 Å². The first kappa shape index (κ1) is 16.5. The monoisotopic (exact) mass is 276 g/mol. The second kappa shape index (κ2) is 7.32. The standard InChI is InChI=1S/C17H28N2O/c1-12(2)11-19(13(3)4)17(20)10-14(5)15-6-8-16(18)9-7-15/h6-9,12-14H,10-11,18H2,1-5H3. The number of rotatable bonds is 6. The van der Waals surface area contributed by atoms with Gasteiger partial charge in [0, 0.05) is 24.7 Å². The number of benzene rings is 1. The van der Waals surface area contributed by atoms with Crippen LogP contribution in [0.25, 0.3) is 0 Å². The Morgan fingerprint density at radius 2 is 1.65 bits per heavy atom. The van der Waals surface area contributed by atoms with E-state index in [-0.39, 0.29) is 17.9 Å². The van der Waals surface area contributed by atoms with Gasteiger partial charge < -0.3 is 10.6 Å². The summed E-state index contributed by atoms with van der Waals surface area (Å²) in [5.74, 6) is 0.947. The highest BCUT2D eigenvalue weighted by Gasteiger charge is 2.20. The Bertz CT molecular complexity index is 423. The number of hydrogen-bond acceptors (Lipinski definition) is 2. The van der Waals surface area contributed by atoms with Crippen molar-refractivity contribution in [2.24, 2.45) is 5.92 Å². The van der Waals surface area contributed by atoms with E-state index in [0.29, 0.717) is 12.3 Å². The van der Waals surface area contributed by atoms with E-state index in [2.05, 4.69) is 34.6 Å². The fourth-order valence-corrected chi connectivity index (χ4v) is 2.32. The number of anilines is 1. The Morgan fingerprint density at radius 3 is 2.10 bits per heavy atom. The van der Waals surface area contributed by atoms with E-state index < -0.39 is 0 Å². The normalized spacial score (nSPS) is 12.8. The van der Waals surface area contributed by atoms with Gasteiger partial charge in [0.1, 0.15) is 0 Å². The van der Waals surface area contributed by atoms with Crippen LogP contribution in [0.4, 0.5) is 5.69 Å². The minimum Gasteiger partial charge on any atom is -0.399 e. The van der Waals surface area contributed by atoms with Gasteiger partial charge in [0.05, 0.1) is 0 Å². The predicted octanol–water partition coefficient (Wildman–Crippen LogP) is 3.66. The quantitative estimate of drug-likeness (QED) is 0.806. The van der Waals surface area contributed by atoms with Gasteiger partial charge >= 0.3 is 0 Å². The Hall–Kier alpha value is -1.51. The lowest BCUT2D eigenvalue weighted by atomic mass is 9.96. The molecular formula is C17H28N2O. The lowest BCUT2D eigenvalue weighted by molar-refractivity contribution is -0.133. The largest absolute Gasteiger partial charge is 0.399 e. The third kappa shape index (κ3) is 4.87. The maximum Gasteiger partial charge on any atom is 0.223 e. The second-order valence-corrected chi connectivity index (χ2v) is 6.31. The van der Waals surface area contributed by atoms with Crippen molar-refractivity contribution in [1.82, 2.24) is 4.90 Å². The Morgan fingerprint density at radius 1 is 1.10 bits per heavy atom. The van der Waals surface area contributed by atoms with E-state index in [1.54, 1.807) is 0 Å². The van der Waals surface area contributed by atoms with Crippen molar-refractivity contribution in [2.75, 3.05) is 12.3 Å². The molecule has 0 saturated carbocycles. The van der Waals surface area contributed by atoms with Crippen LogP contribution < -0.4 is 5.73 Å². The minimum absolute atomic E-state index is 0.219. The molecule has 3 heteroatoms. The zero-order chi connectivity index (χ0) is 15.3. The van der Waals surface area contributed by atoms with Crippen molar-refractivity contribution in [2.45, 2.75) is 53.0 Å². The summed E-state index contributed by atoms with van der Waals surface area (Å²) in [6.07, 6.45) is 0.550. The first-order valence-corrected chi connectivity index (χ1v) is 7.46. The number of carbonyl (C=O) groups is 1. The third-order valence-corrected chi connectivity index (χ3v) is 3.49. The Balaban J connectivity index is 2.69. The van der Waals surface area contributed by atoms with Crippen molar-refractivity contribution in [3.05, 3.63) is 29.8 Å². The molecule has 0 aromatic heterocycles. The van der Waals surface area contributed by atoms with Gasteiger partial charge in [-0.25, -0.2) is 0 Å². The van der Waals surface area contributed by atoms with Crippen LogP contribution in [0.5, 0.6) is 0 Å². The van der Waals surface area contributed by atoms with Gasteiger partial charge in [0.15, 0.2) is 0 Å². The molecule has 0 radical (unpaired) electrons. The minimum atomic E-state index is 0.219. The molecular weight excluding hydrogens is 248 g/mol. The molecule has 0 spiro atoms. The first-order valence-electron chi connectivity index (χ1n) is 7.46. The van der Waals surface area contributed by atoms with Crippen molar-refractivity contribution in [1.29, 1.82) is 0 Å². The fraction of sp³-hybridized carbons (Fsp3) is 0.588. The average Bonchev–Trinajstić information content (AvgIpc) is 2.35. The van der Waals surface area contributed by atoms with Crippen LogP contribution in [0, 0.1) is 5.92 Å². The first-order chi connectivity index (χ1) is 9.31.